The number of ketones is 1. The van der Waals surface area contributed by atoms with Gasteiger partial charge in [-0.25, -0.2) is 0 Å². The van der Waals surface area contributed by atoms with E-state index < -0.39 is 0 Å². The lowest BCUT2D eigenvalue weighted by Gasteiger charge is -2.06. The number of Topliss-reactive ketones (excluding diaryl/α,β-unsaturated/α-hetero) is 1. The first-order chi connectivity index (χ1) is 9.72. The molecule has 0 fully saturated rings. The van der Waals surface area contributed by atoms with Gasteiger partial charge < -0.3 is 4.74 Å². The van der Waals surface area contributed by atoms with Gasteiger partial charge in [0.05, 0.1) is 0 Å². The molecular weight excluding hydrogens is 268 g/mol. The van der Waals surface area contributed by atoms with Crippen LogP contribution in [0.1, 0.15) is 22.8 Å². The highest BCUT2D eigenvalue weighted by atomic mass is 32.2. The van der Waals surface area contributed by atoms with Gasteiger partial charge in [0.1, 0.15) is 5.75 Å². The molecule has 2 aromatic carbocycles. The van der Waals surface area contributed by atoms with Gasteiger partial charge in [-0.3, -0.25) is 4.79 Å². The molecular formula is C17H18O2S. The monoisotopic (exact) mass is 286 g/mol. The van der Waals surface area contributed by atoms with Gasteiger partial charge in [-0.15, -0.1) is 11.8 Å². The summed E-state index contributed by atoms with van der Waals surface area (Å²) in [5.74, 6) is 0.725. The minimum atomic E-state index is 0.00148. The van der Waals surface area contributed by atoms with Crippen LogP contribution in [0.3, 0.4) is 0 Å². The lowest BCUT2D eigenvalue weighted by atomic mass is 10.1. The molecule has 2 nitrogen and oxygen atoms in total. The van der Waals surface area contributed by atoms with Crippen LogP contribution < -0.4 is 4.74 Å². The lowest BCUT2D eigenvalue weighted by Crippen LogP contribution is -2.11. The van der Waals surface area contributed by atoms with E-state index in [1.165, 1.54) is 10.5 Å². The number of thioether (sulfide) groups is 1. The van der Waals surface area contributed by atoms with Crippen LogP contribution in [0.5, 0.6) is 5.75 Å². The van der Waals surface area contributed by atoms with Gasteiger partial charge >= 0.3 is 0 Å². The number of hydrogen-bond acceptors (Lipinski definition) is 3. The molecule has 0 N–H and O–H groups in total. The summed E-state index contributed by atoms with van der Waals surface area (Å²) < 4.78 is 5.52. The molecule has 0 aliphatic rings. The Morgan fingerprint density at radius 2 is 1.70 bits per heavy atom. The highest BCUT2D eigenvalue weighted by Crippen LogP contribution is 2.19. The maximum absolute atomic E-state index is 12.0. The van der Waals surface area contributed by atoms with Crippen LogP contribution in [0.15, 0.2) is 53.4 Å². The standard InChI is InChI=1S/C17H18O2S/c1-3-13-4-6-14(7-5-13)17(18)12-19-15-8-10-16(20-2)11-9-15/h4-11H,3,12H2,1-2H3. The maximum Gasteiger partial charge on any atom is 0.200 e. The number of rotatable bonds is 6. The molecule has 0 saturated heterocycles. The van der Waals surface area contributed by atoms with E-state index in [-0.39, 0.29) is 12.4 Å². The topological polar surface area (TPSA) is 26.3 Å². The third-order valence-corrected chi connectivity index (χ3v) is 3.86. The molecule has 0 aliphatic carbocycles. The molecule has 0 heterocycles. The number of hydrogen-bond donors (Lipinski definition) is 0. The van der Waals surface area contributed by atoms with Gasteiger partial charge in [0.2, 0.25) is 0 Å². The Hall–Kier alpha value is -1.74. The zero-order valence-corrected chi connectivity index (χ0v) is 12.6. The molecule has 0 aliphatic heterocycles. The predicted molar refractivity (Wildman–Crippen MR) is 83.9 cm³/mol. The highest BCUT2D eigenvalue weighted by Gasteiger charge is 2.06. The van der Waals surface area contributed by atoms with Crippen LogP contribution in [0.4, 0.5) is 0 Å². The summed E-state index contributed by atoms with van der Waals surface area (Å²) in [6.45, 7) is 2.17. The normalized spacial score (nSPS) is 10.3. The average molecular weight is 286 g/mol. The van der Waals surface area contributed by atoms with E-state index in [1.807, 2.05) is 54.8 Å². The van der Waals surface area contributed by atoms with Crippen molar-refractivity contribution in [2.45, 2.75) is 18.2 Å². The number of carbonyl (C=O) groups excluding carboxylic acids is 1. The summed E-state index contributed by atoms with van der Waals surface area (Å²) in [6, 6.07) is 15.4. The summed E-state index contributed by atoms with van der Waals surface area (Å²) in [6.07, 6.45) is 3.01. The molecule has 0 radical (unpaired) electrons. The third-order valence-electron chi connectivity index (χ3n) is 3.11. The molecule has 0 amide bonds. The van der Waals surface area contributed by atoms with E-state index in [1.54, 1.807) is 11.8 Å². The Kier molecular flexibility index (Phi) is 5.24. The Labute approximate surface area is 124 Å². The molecule has 0 saturated carbocycles. The second-order valence-corrected chi connectivity index (χ2v) is 5.32. The highest BCUT2D eigenvalue weighted by molar-refractivity contribution is 7.98. The van der Waals surface area contributed by atoms with Gasteiger partial charge in [0.15, 0.2) is 12.4 Å². The van der Waals surface area contributed by atoms with Crippen molar-refractivity contribution in [3.05, 3.63) is 59.7 Å². The van der Waals surface area contributed by atoms with Crippen LogP contribution in [-0.4, -0.2) is 18.6 Å². The van der Waals surface area contributed by atoms with Crippen molar-refractivity contribution in [1.82, 2.24) is 0 Å². The van der Waals surface area contributed by atoms with E-state index in [0.29, 0.717) is 5.56 Å². The van der Waals surface area contributed by atoms with Gasteiger partial charge in [0.25, 0.3) is 0 Å². The minimum absolute atomic E-state index is 0.00148. The van der Waals surface area contributed by atoms with E-state index in [9.17, 15) is 4.79 Å². The molecule has 104 valence electrons. The molecule has 2 rings (SSSR count). The fourth-order valence-electron chi connectivity index (χ4n) is 1.83. The van der Waals surface area contributed by atoms with Crippen molar-refractivity contribution < 1.29 is 9.53 Å². The summed E-state index contributed by atoms with van der Waals surface area (Å²) in [4.78, 5) is 13.2. The smallest absolute Gasteiger partial charge is 0.200 e. The average Bonchev–Trinajstić information content (AvgIpc) is 2.53. The first-order valence-electron chi connectivity index (χ1n) is 6.62. The molecule has 3 heteroatoms. The summed E-state index contributed by atoms with van der Waals surface area (Å²) >= 11 is 1.68. The van der Waals surface area contributed by atoms with Crippen molar-refractivity contribution in [2.24, 2.45) is 0 Å². The fourth-order valence-corrected chi connectivity index (χ4v) is 2.24. The maximum atomic E-state index is 12.0. The quantitative estimate of drug-likeness (QED) is 0.587. The van der Waals surface area contributed by atoms with Crippen LogP contribution in [0.25, 0.3) is 0 Å². The molecule has 0 aromatic heterocycles. The van der Waals surface area contributed by atoms with E-state index in [2.05, 4.69) is 6.92 Å². The zero-order chi connectivity index (χ0) is 14.4. The number of benzene rings is 2. The molecule has 0 bridgehead atoms. The van der Waals surface area contributed by atoms with Crippen LogP contribution in [0, 0.1) is 0 Å². The Balaban J connectivity index is 1.93. The van der Waals surface area contributed by atoms with Crippen molar-refractivity contribution in [2.75, 3.05) is 12.9 Å². The third kappa shape index (κ3) is 3.87. The van der Waals surface area contributed by atoms with Crippen molar-refractivity contribution >= 4 is 17.5 Å². The SMILES string of the molecule is CCc1ccc(C(=O)COc2ccc(SC)cc2)cc1. The van der Waals surface area contributed by atoms with E-state index in [4.69, 9.17) is 4.74 Å². The van der Waals surface area contributed by atoms with E-state index in [0.717, 1.165) is 12.2 Å². The number of ether oxygens (including phenoxy) is 1. The van der Waals surface area contributed by atoms with Crippen LogP contribution in [0.2, 0.25) is 0 Å². The number of aryl methyl sites for hydroxylation is 1. The molecule has 2 aromatic rings. The minimum Gasteiger partial charge on any atom is -0.485 e. The van der Waals surface area contributed by atoms with Gasteiger partial charge in [-0.05, 0) is 42.5 Å². The zero-order valence-electron chi connectivity index (χ0n) is 11.8. The second kappa shape index (κ2) is 7.15. The number of carbonyl (C=O) groups is 1. The van der Waals surface area contributed by atoms with Crippen LogP contribution in [-0.2, 0) is 6.42 Å². The Bertz CT molecular complexity index is 559. The predicted octanol–water partition coefficient (Wildman–Crippen LogP) is 4.23. The van der Waals surface area contributed by atoms with E-state index >= 15 is 0 Å². The summed E-state index contributed by atoms with van der Waals surface area (Å²) in [5.41, 5.74) is 1.93. The second-order valence-electron chi connectivity index (χ2n) is 4.44. The van der Waals surface area contributed by atoms with Crippen LogP contribution >= 0.6 is 11.8 Å². The Morgan fingerprint density at radius 3 is 2.25 bits per heavy atom. The molecule has 0 spiro atoms. The summed E-state index contributed by atoms with van der Waals surface area (Å²) in [7, 11) is 0. The van der Waals surface area contributed by atoms with Crippen molar-refractivity contribution in [1.29, 1.82) is 0 Å². The largest absolute Gasteiger partial charge is 0.485 e. The first-order valence-corrected chi connectivity index (χ1v) is 7.84. The summed E-state index contributed by atoms with van der Waals surface area (Å²) in [5, 5.41) is 0. The first kappa shape index (κ1) is 14.7. The molecule has 0 unspecified atom stereocenters. The van der Waals surface area contributed by atoms with Gasteiger partial charge in [-0.1, -0.05) is 31.2 Å². The van der Waals surface area contributed by atoms with Crippen molar-refractivity contribution in [3.8, 4) is 5.75 Å². The molecule has 0 atom stereocenters. The Morgan fingerprint density at radius 1 is 1.05 bits per heavy atom. The lowest BCUT2D eigenvalue weighted by molar-refractivity contribution is 0.0921. The fraction of sp³-hybridized carbons (Fsp3) is 0.235. The van der Waals surface area contributed by atoms with Crippen molar-refractivity contribution in [3.63, 3.8) is 0 Å². The van der Waals surface area contributed by atoms with Gasteiger partial charge in [0, 0.05) is 10.5 Å². The molecule has 20 heavy (non-hydrogen) atoms. The van der Waals surface area contributed by atoms with Gasteiger partial charge in [-0.2, -0.15) is 0 Å².